The monoisotopic (exact) mass is 347 g/mol. The van der Waals surface area contributed by atoms with Crippen molar-refractivity contribution < 1.29 is 14.3 Å². The van der Waals surface area contributed by atoms with Crippen molar-refractivity contribution in [1.82, 2.24) is 5.32 Å². The highest BCUT2D eigenvalue weighted by atomic mass is 16.5. The highest BCUT2D eigenvalue weighted by molar-refractivity contribution is 5.97. The molecule has 0 atom stereocenters. The molecule has 0 spiro atoms. The van der Waals surface area contributed by atoms with E-state index in [4.69, 9.17) is 11.5 Å². The number of nitrogens with two attached hydrogens (primary N) is 2. The minimum Gasteiger partial charge on any atom is -0.469 e. The molecule has 8 heteroatoms. The number of rotatable bonds is 10. The minimum absolute atomic E-state index is 0.0462. The number of benzene rings is 1. The van der Waals surface area contributed by atoms with E-state index < -0.39 is 0 Å². The van der Waals surface area contributed by atoms with Gasteiger partial charge in [0.1, 0.15) is 6.34 Å². The second-order valence-electron chi connectivity index (χ2n) is 5.36. The molecular formula is C17H25N5O3. The molecule has 0 aliphatic heterocycles. The second-order valence-corrected chi connectivity index (χ2v) is 5.36. The molecule has 0 aliphatic carbocycles. The van der Waals surface area contributed by atoms with Gasteiger partial charge in [-0.05, 0) is 18.4 Å². The van der Waals surface area contributed by atoms with Gasteiger partial charge < -0.3 is 21.5 Å². The van der Waals surface area contributed by atoms with Gasteiger partial charge in [0.15, 0.2) is 5.84 Å². The van der Waals surface area contributed by atoms with E-state index in [0.717, 1.165) is 31.2 Å². The van der Waals surface area contributed by atoms with Crippen LogP contribution < -0.4 is 16.8 Å². The maximum atomic E-state index is 11.9. The van der Waals surface area contributed by atoms with Gasteiger partial charge in [-0.15, -0.1) is 10.2 Å². The standard InChI is InChI=1S/C17H25N5O3/c1-25-16(24)5-3-2-4-10-20-15(23)11-13-6-8-14(9-7-13)17(19)22-21-12-18/h6-9,12H,2-5,10-11H2,1H3,(H2,18,21)(H2,19,22)(H,20,23). The van der Waals surface area contributed by atoms with Crippen molar-refractivity contribution in [1.29, 1.82) is 0 Å². The molecule has 0 saturated carbocycles. The van der Waals surface area contributed by atoms with Crippen LogP contribution in [0.4, 0.5) is 0 Å². The Balaban J connectivity index is 2.29. The first-order chi connectivity index (χ1) is 12.1. The molecule has 1 aromatic rings. The molecule has 0 unspecified atom stereocenters. The lowest BCUT2D eigenvalue weighted by atomic mass is 10.1. The largest absolute Gasteiger partial charge is 0.469 e. The SMILES string of the molecule is COC(=O)CCCCCNC(=O)Cc1ccc(/C(N)=N/N=C\N)cc1. The average molecular weight is 347 g/mol. The third-order valence-corrected chi connectivity index (χ3v) is 3.45. The maximum Gasteiger partial charge on any atom is 0.305 e. The van der Waals surface area contributed by atoms with E-state index in [1.54, 1.807) is 12.1 Å². The van der Waals surface area contributed by atoms with Crippen molar-refractivity contribution in [3.05, 3.63) is 35.4 Å². The van der Waals surface area contributed by atoms with E-state index in [2.05, 4.69) is 20.3 Å². The molecule has 0 saturated heterocycles. The molecule has 136 valence electrons. The molecule has 0 aromatic heterocycles. The number of amides is 1. The second kappa shape index (κ2) is 11.6. The Bertz CT molecular complexity index is 611. The van der Waals surface area contributed by atoms with Gasteiger partial charge in [0.2, 0.25) is 5.91 Å². The first-order valence-corrected chi connectivity index (χ1v) is 8.06. The number of esters is 1. The van der Waals surface area contributed by atoms with E-state index in [1.807, 2.05) is 12.1 Å². The Labute approximate surface area is 147 Å². The third kappa shape index (κ3) is 8.50. The first kappa shape index (κ1) is 20.1. The smallest absolute Gasteiger partial charge is 0.305 e. The van der Waals surface area contributed by atoms with Crippen molar-refractivity contribution >= 4 is 24.1 Å². The summed E-state index contributed by atoms with van der Waals surface area (Å²) in [6.07, 6.45) is 4.23. The summed E-state index contributed by atoms with van der Waals surface area (Å²) in [5.41, 5.74) is 12.4. The summed E-state index contributed by atoms with van der Waals surface area (Å²) in [6.45, 7) is 0.592. The highest BCUT2D eigenvalue weighted by Crippen LogP contribution is 2.06. The summed E-state index contributed by atoms with van der Waals surface area (Å²) >= 11 is 0. The number of hydrogen-bond acceptors (Lipinski definition) is 5. The number of unbranched alkanes of at least 4 members (excludes halogenated alkanes) is 2. The quantitative estimate of drug-likeness (QED) is 0.188. The predicted molar refractivity (Wildman–Crippen MR) is 97.0 cm³/mol. The Morgan fingerprint density at radius 1 is 1.20 bits per heavy atom. The lowest BCUT2D eigenvalue weighted by Gasteiger charge is -2.06. The molecule has 5 N–H and O–H groups in total. The predicted octanol–water partition coefficient (Wildman–Crippen LogP) is 0.686. The van der Waals surface area contributed by atoms with Gasteiger partial charge in [-0.2, -0.15) is 0 Å². The summed E-state index contributed by atoms with van der Waals surface area (Å²) in [4.78, 5) is 22.8. The highest BCUT2D eigenvalue weighted by Gasteiger charge is 2.05. The fourth-order valence-electron chi connectivity index (χ4n) is 2.10. The van der Waals surface area contributed by atoms with Gasteiger partial charge in [-0.1, -0.05) is 30.7 Å². The molecule has 8 nitrogen and oxygen atoms in total. The first-order valence-electron chi connectivity index (χ1n) is 8.06. The van der Waals surface area contributed by atoms with E-state index in [0.29, 0.717) is 24.9 Å². The Morgan fingerprint density at radius 3 is 2.56 bits per heavy atom. The van der Waals surface area contributed by atoms with Gasteiger partial charge in [-0.25, -0.2) is 0 Å². The Kier molecular flexibility index (Phi) is 9.35. The van der Waals surface area contributed by atoms with Crippen LogP contribution in [-0.4, -0.2) is 37.7 Å². The minimum atomic E-state index is -0.201. The number of carbonyl (C=O) groups is 2. The van der Waals surface area contributed by atoms with Gasteiger partial charge >= 0.3 is 5.97 Å². The van der Waals surface area contributed by atoms with E-state index >= 15 is 0 Å². The van der Waals surface area contributed by atoms with Gasteiger partial charge in [-0.3, -0.25) is 9.59 Å². The molecule has 0 heterocycles. The number of amidine groups is 1. The molecule has 0 radical (unpaired) electrons. The van der Waals surface area contributed by atoms with E-state index in [9.17, 15) is 9.59 Å². The van der Waals surface area contributed by atoms with Crippen LogP contribution >= 0.6 is 0 Å². The molecule has 0 fully saturated rings. The van der Waals surface area contributed by atoms with Crippen LogP contribution in [-0.2, 0) is 20.7 Å². The fourth-order valence-corrected chi connectivity index (χ4v) is 2.10. The lowest BCUT2D eigenvalue weighted by Crippen LogP contribution is -2.26. The normalized spacial score (nSPS) is 11.5. The number of nitrogens with zero attached hydrogens (tertiary/aromatic N) is 2. The van der Waals surface area contributed by atoms with Gasteiger partial charge in [0.25, 0.3) is 0 Å². The van der Waals surface area contributed by atoms with Gasteiger partial charge in [0, 0.05) is 18.5 Å². The van der Waals surface area contributed by atoms with Crippen LogP contribution in [0.1, 0.15) is 36.8 Å². The number of ether oxygens (including phenoxy) is 1. The topological polar surface area (TPSA) is 132 Å². The molecule has 25 heavy (non-hydrogen) atoms. The van der Waals surface area contributed by atoms with Gasteiger partial charge in [0.05, 0.1) is 13.5 Å². The zero-order valence-electron chi connectivity index (χ0n) is 14.4. The zero-order valence-corrected chi connectivity index (χ0v) is 14.4. The summed E-state index contributed by atoms with van der Waals surface area (Å²) in [7, 11) is 1.38. The number of carbonyl (C=O) groups excluding carboxylic acids is 2. The Hall–Kier alpha value is -2.90. The maximum absolute atomic E-state index is 11.9. The van der Waals surface area contributed by atoms with Crippen LogP contribution in [0.15, 0.2) is 34.5 Å². The summed E-state index contributed by atoms with van der Waals surface area (Å²) < 4.78 is 4.57. The van der Waals surface area contributed by atoms with Crippen molar-refractivity contribution in [2.24, 2.45) is 21.7 Å². The molecule has 0 bridgehead atoms. The molecular weight excluding hydrogens is 322 g/mol. The lowest BCUT2D eigenvalue weighted by molar-refractivity contribution is -0.140. The molecule has 1 amide bonds. The molecule has 1 aromatic carbocycles. The average Bonchev–Trinajstić information content (AvgIpc) is 2.62. The van der Waals surface area contributed by atoms with Crippen LogP contribution in [0.25, 0.3) is 0 Å². The summed E-state index contributed by atoms with van der Waals surface area (Å²) in [6, 6.07) is 7.19. The zero-order chi connectivity index (χ0) is 18.5. The number of methoxy groups -OCH3 is 1. The van der Waals surface area contributed by atoms with E-state index in [-0.39, 0.29) is 17.7 Å². The van der Waals surface area contributed by atoms with E-state index in [1.165, 1.54) is 7.11 Å². The van der Waals surface area contributed by atoms with Crippen LogP contribution in [0.5, 0.6) is 0 Å². The Morgan fingerprint density at radius 2 is 1.92 bits per heavy atom. The third-order valence-electron chi connectivity index (χ3n) is 3.45. The molecule has 1 rings (SSSR count). The van der Waals surface area contributed by atoms with Crippen LogP contribution in [0.2, 0.25) is 0 Å². The van der Waals surface area contributed by atoms with Crippen molar-refractivity contribution in [2.45, 2.75) is 32.1 Å². The summed E-state index contributed by atoms with van der Waals surface area (Å²) in [5, 5.41) is 10.1. The fraction of sp³-hybridized carbons (Fsp3) is 0.412. The van der Waals surface area contributed by atoms with Crippen LogP contribution in [0, 0.1) is 0 Å². The molecule has 0 aliphatic rings. The van der Waals surface area contributed by atoms with Crippen LogP contribution in [0.3, 0.4) is 0 Å². The van der Waals surface area contributed by atoms with Crippen molar-refractivity contribution in [3.63, 3.8) is 0 Å². The number of hydrogen-bond donors (Lipinski definition) is 3. The number of nitrogens with one attached hydrogen (secondary N) is 1. The van der Waals surface area contributed by atoms with Crippen molar-refractivity contribution in [3.8, 4) is 0 Å². The van der Waals surface area contributed by atoms with Crippen molar-refractivity contribution in [2.75, 3.05) is 13.7 Å². The summed E-state index contributed by atoms with van der Waals surface area (Å²) in [5.74, 6) is 0.00717.